The summed E-state index contributed by atoms with van der Waals surface area (Å²) in [6, 6.07) is 2.77. The van der Waals surface area contributed by atoms with Gasteiger partial charge in [0, 0.05) is 18.7 Å². The van der Waals surface area contributed by atoms with Gasteiger partial charge in [-0.2, -0.15) is 0 Å². The first-order chi connectivity index (χ1) is 7.42. The van der Waals surface area contributed by atoms with Crippen LogP contribution < -0.4 is 4.74 Å². The van der Waals surface area contributed by atoms with Gasteiger partial charge in [-0.1, -0.05) is 19.6 Å². The summed E-state index contributed by atoms with van der Waals surface area (Å²) in [7, 11) is -1.10. The molecule has 1 aromatic heterocycles. The molecule has 0 spiro atoms. The number of hydrogen-bond acceptors (Lipinski definition) is 3. The quantitative estimate of drug-likeness (QED) is 0.618. The molecule has 1 aromatic rings. The van der Waals surface area contributed by atoms with Gasteiger partial charge in [0.05, 0.1) is 12.2 Å². The van der Waals surface area contributed by atoms with Crippen LogP contribution >= 0.6 is 15.9 Å². The molecule has 1 rings (SSSR count). The third-order valence-electron chi connectivity index (χ3n) is 2.06. The summed E-state index contributed by atoms with van der Waals surface area (Å²) in [6.07, 6.45) is 2.40. The molecule has 0 unspecified atom stereocenters. The highest BCUT2D eigenvalue weighted by molar-refractivity contribution is 9.10. The van der Waals surface area contributed by atoms with E-state index in [0.717, 1.165) is 16.8 Å². The Balaban J connectivity index is 2.63. The molecule has 0 saturated heterocycles. The molecule has 0 fully saturated rings. The minimum atomic E-state index is -1.10. The van der Waals surface area contributed by atoms with Gasteiger partial charge < -0.3 is 4.74 Å². The van der Waals surface area contributed by atoms with Gasteiger partial charge in [-0.3, -0.25) is 4.79 Å². The lowest BCUT2D eigenvalue weighted by atomic mass is 10.3. The molecule has 1 heterocycles. The third-order valence-corrected chi connectivity index (χ3v) is 4.20. The predicted molar refractivity (Wildman–Crippen MR) is 71.0 cm³/mol. The summed E-state index contributed by atoms with van der Waals surface area (Å²) >= 11 is 3.27. The second-order valence-corrected chi connectivity index (χ2v) is 11.4. The molecule has 0 aliphatic rings. The van der Waals surface area contributed by atoms with Crippen LogP contribution in [-0.2, 0) is 0 Å². The predicted octanol–water partition coefficient (Wildman–Crippen LogP) is 3.37. The standard InChI is InChI=1S/C11H16BrNO2Si/c1-16(2,3)5-4-15-11-9(8-14)6-10(12)7-13-11/h6-8H,4-5H2,1-3H3. The summed E-state index contributed by atoms with van der Waals surface area (Å²) < 4.78 is 6.31. The van der Waals surface area contributed by atoms with E-state index >= 15 is 0 Å². The molecule has 5 heteroatoms. The van der Waals surface area contributed by atoms with Crippen molar-refractivity contribution in [2.24, 2.45) is 0 Å². The van der Waals surface area contributed by atoms with E-state index in [1.54, 1.807) is 12.3 Å². The lowest BCUT2D eigenvalue weighted by Crippen LogP contribution is -2.22. The van der Waals surface area contributed by atoms with Crippen molar-refractivity contribution < 1.29 is 9.53 Å². The molecule has 16 heavy (non-hydrogen) atoms. The summed E-state index contributed by atoms with van der Waals surface area (Å²) in [5, 5.41) is 0. The van der Waals surface area contributed by atoms with Crippen molar-refractivity contribution in [3.05, 3.63) is 22.3 Å². The highest BCUT2D eigenvalue weighted by Crippen LogP contribution is 2.19. The van der Waals surface area contributed by atoms with Crippen LogP contribution in [0.25, 0.3) is 0 Å². The van der Waals surface area contributed by atoms with E-state index in [2.05, 4.69) is 40.6 Å². The van der Waals surface area contributed by atoms with Crippen LogP contribution in [0.4, 0.5) is 0 Å². The van der Waals surface area contributed by atoms with Crippen LogP contribution in [0.1, 0.15) is 10.4 Å². The van der Waals surface area contributed by atoms with Crippen molar-refractivity contribution in [3.8, 4) is 5.88 Å². The number of carbonyl (C=O) groups excluding carboxylic acids is 1. The number of pyridine rings is 1. The topological polar surface area (TPSA) is 39.2 Å². The average Bonchev–Trinajstić information content (AvgIpc) is 2.18. The van der Waals surface area contributed by atoms with Crippen LogP contribution in [0.5, 0.6) is 5.88 Å². The van der Waals surface area contributed by atoms with E-state index in [1.165, 1.54) is 0 Å². The SMILES string of the molecule is C[Si](C)(C)CCOc1ncc(Br)cc1C=O. The number of ether oxygens (including phenoxy) is 1. The summed E-state index contributed by atoms with van der Waals surface area (Å²) in [5.41, 5.74) is 0.491. The molecule has 88 valence electrons. The first kappa shape index (κ1) is 13.4. The number of rotatable bonds is 5. The highest BCUT2D eigenvalue weighted by Gasteiger charge is 2.13. The average molecular weight is 302 g/mol. The molecule has 3 nitrogen and oxygen atoms in total. The molecule has 0 N–H and O–H groups in total. The van der Waals surface area contributed by atoms with Gasteiger partial charge in [0.1, 0.15) is 0 Å². The van der Waals surface area contributed by atoms with E-state index in [-0.39, 0.29) is 0 Å². The molecule has 0 aliphatic carbocycles. The van der Waals surface area contributed by atoms with Crippen LogP contribution in [-0.4, -0.2) is 26.0 Å². The van der Waals surface area contributed by atoms with E-state index in [4.69, 9.17) is 4.74 Å². The Labute approximate surface area is 105 Å². The Kier molecular flexibility index (Phi) is 4.67. The zero-order chi connectivity index (χ0) is 12.2. The summed E-state index contributed by atoms with van der Waals surface area (Å²) in [6.45, 7) is 7.48. The van der Waals surface area contributed by atoms with Crippen molar-refractivity contribution in [1.82, 2.24) is 4.98 Å². The second kappa shape index (κ2) is 5.59. The molecular formula is C11H16BrNO2Si. The van der Waals surface area contributed by atoms with Crippen LogP contribution in [0, 0.1) is 0 Å². The van der Waals surface area contributed by atoms with Crippen LogP contribution in [0.2, 0.25) is 25.7 Å². The number of aromatic nitrogens is 1. The lowest BCUT2D eigenvalue weighted by molar-refractivity contribution is 0.111. The first-order valence-corrected chi connectivity index (χ1v) is 9.66. The van der Waals surface area contributed by atoms with Crippen LogP contribution in [0.15, 0.2) is 16.7 Å². The van der Waals surface area contributed by atoms with E-state index in [0.29, 0.717) is 18.1 Å². The largest absolute Gasteiger partial charge is 0.477 e. The van der Waals surface area contributed by atoms with Crippen molar-refractivity contribution in [2.45, 2.75) is 25.7 Å². The fourth-order valence-corrected chi connectivity index (χ4v) is 2.16. The summed E-state index contributed by atoms with van der Waals surface area (Å²) in [5.74, 6) is 0.427. The number of carbonyl (C=O) groups is 1. The van der Waals surface area contributed by atoms with Gasteiger partial charge >= 0.3 is 0 Å². The van der Waals surface area contributed by atoms with Gasteiger partial charge in [0.2, 0.25) is 5.88 Å². The monoisotopic (exact) mass is 301 g/mol. The molecular weight excluding hydrogens is 286 g/mol. The van der Waals surface area contributed by atoms with Crippen molar-refractivity contribution in [1.29, 1.82) is 0 Å². The molecule has 0 radical (unpaired) electrons. The Morgan fingerprint density at radius 2 is 2.19 bits per heavy atom. The highest BCUT2D eigenvalue weighted by atomic mass is 79.9. The maximum Gasteiger partial charge on any atom is 0.224 e. The number of halogens is 1. The minimum Gasteiger partial charge on any atom is -0.477 e. The Morgan fingerprint density at radius 1 is 1.50 bits per heavy atom. The molecule has 0 amide bonds. The van der Waals surface area contributed by atoms with E-state index < -0.39 is 8.07 Å². The zero-order valence-electron chi connectivity index (χ0n) is 9.79. The first-order valence-electron chi connectivity index (χ1n) is 5.16. The minimum absolute atomic E-state index is 0.427. The van der Waals surface area contributed by atoms with E-state index in [9.17, 15) is 4.79 Å². The number of aldehydes is 1. The zero-order valence-corrected chi connectivity index (χ0v) is 12.4. The van der Waals surface area contributed by atoms with Gasteiger partial charge in [-0.25, -0.2) is 4.98 Å². The Hall–Kier alpha value is -0.683. The van der Waals surface area contributed by atoms with Gasteiger partial charge in [-0.15, -0.1) is 0 Å². The molecule has 0 atom stereocenters. The van der Waals surface area contributed by atoms with Crippen molar-refractivity contribution in [3.63, 3.8) is 0 Å². The Morgan fingerprint density at radius 3 is 2.75 bits per heavy atom. The maximum absolute atomic E-state index is 10.8. The second-order valence-electron chi connectivity index (χ2n) is 4.82. The smallest absolute Gasteiger partial charge is 0.224 e. The maximum atomic E-state index is 10.8. The number of hydrogen-bond donors (Lipinski definition) is 0. The van der Waals surface area contributed by atoms with Crippen molar-refractivity contribution >= 4 is 30.3 Å². The number of nitrogens with zero attached hydrogens (tertiary/aromatic N) is 1. The normalized spacial score (nSPS) is 11.2. The fourth-order valence-electron chi connectivity index (χ4n) is 1.10. The molecule has 0 aliphatic heterocycles. The fraction of sp³-hybridized carbons (Fsp3) is 0.455. The van der Waals surface area contributed by atoms with Crippen LogP contribution in [0.3, 0.4) is 0 Å². The van der Waals surface area contributed by atoms with E-state index in [1.807, 2.05) is 0 Å². The van der Waals surface area contributed by atoms with Gasteiger partial charge in [0.15, 0.2) is 6.29 Å². The molecule has 0 aromatic carbocycles. The third kappa shape index (κ3) is 4.45. The Bertz CT molecular complexity index is 377. The molecule has 0 bridgehead atoms. The summed E-state index contributed by atoms with van der Waals surface area (Å²) in [4.78, 5) is 14.9. The molecule has 0 saturated carbocycles. The lowest BCUT2D eigenvalue weighted by Gasteiger charge is -2.16. The van der Waals surface area contributed by atoms with Gasteiger partial charge in [-0.05, 0) is 28.0 Å². The van der Waals surface area contributed by atoms with Crippen molar-refractivity contribution in [2.75, 3.05) is 6.61 Å². The van der Waals surface area contributed by atoms with Gasteiger partial charge in [0.25, 0.3) is 0 Å².